The highest BCUT2D eigenvalue weighted by Crippen LogP contribution is 2.27. The lowest BCUT2D eigenvalue weighted by Crippen LogP contribution is -2.13. The zero-order valence-electron chi connectivity index (χ0n) is 16.9. The number of benzene rings is 2. The lowest BCUT2D eigenvalue weighted by Gasteiger charge is -2.05. The zero-order chi connectivity index (χ0) is 20.4. The molecule has 2 aromatic carbocycles. The van der Waals surface area contributed by atoms with Gasteiger partial charge in [-0.1, -0.05) is 31.5 Å². The Morgan fingerprint density at radius 2 is 2.03 bits per heavy atom. The molecule has 1 N–H and O–H groups in total. The monoisotopic (exact) mass is 388 g/mol. The molecule has 0 unspecified atom stereocenters. The molecule has 0 bridgehead atoms. The highest BCUT2D eigenvalue weighted by Gasteiger charge is 2.16. The molecule has 29 heavy (non-hydrogen) atoms. The highest BCUT2D eigenvalue weighted by atomic mass is 16.5. The number of ether oxygens (including phenoxy) is 1. The van der Waals surface area contributed by atoms with Crippen LogP contribution in [0.25, 0.3) is 21.9 Å². The highest BCUT2D eigenvalue weighted by molar-refractivity contribution is 6.09. The number of anilines is 1. The number of methoxy groups -OCH3 is 1. The van der Waals surface area contributed by atoms with Crippen LogP contribution in [0, 0.1) is 6.92 Å². The Morgan fingerprint density at radius 1 is 1.17 bits per heavy atom. The summed E-state index contributed by atoms with van der Waals surface area (Å²) >= 11 is 0. The van der Waals surface area contributed by atoms with E-state index in [1.807, 2.05) is 22.9 Å². The van der Waals surface area contributed by atoms with Crippen LogP contribution in [0.15, 0.2) is 48.5 Å². The largest absolute Gasteiger partial charge is 0.497 e. The number of aromatic nitrogens is 3. The molecule has 0 fully saturated rings. The Labute approximate surface area is 169 Å². The Bertz CT molecular complexity index is 1200. The second kappa shape index (κ2) is 7.91. The minimum absolute atomic E-state index is 0.227. The van der Waals surface area contributed by atoms with Crippen molar-refractivity contribution in [3.63, 3.8) is 0 Å². The molecule has 0 spiro atoms. The molecule has 4 aromatic rings. The van der Waals surface area contributed by atoms with E-state index in [0.29, 0.717) is 17.1 Å². The number of fused-ring (bicyclic) bond motifs is 2. The van der Waals surface area contributed by atoms with Gasteiger partial charge in [-0.2, -0.15) is 5.10 Å². The van der Waals surface area contributed by atoms with Crippen molar-refractivity contribution in [2.75, 3.05) is 12.4 Å². The first-order chi connectivity index (χ1) is 14.1. The van der Waals surface area contributed by atoms with E-state index in [1.54, 1.807) is 25.3 Å². The fourth-order valence-corrected chi connectivity index (χ4v) is 3.36. The first kappa shape index (κ1) is 18.9. The van der Waals surface area contributed by atoms with Crippen LogP contribution in [0.4, 0.5) is 5.82 Å². The molecule has 1 amide bonds. The SMILES string of the molecule is CCCCn1nc(NC(=O)c2cccc(OC)c2)c2cc3ccc(C)cc3nc21. The fourth-order valence-electron chi connectivity index (χ4n) is 3.36. The van der Waals surface area contributed by atoms with Crippen LogP contribution in [0.5, 0.6) is 5.75 Å². The van der Waals surface area contributed by atoms with E-state index in [1.165, 1.54) is 0 Å². The summed E-state index contributed by atoms with van der Waals surface area (Å²) in [6, 6.07) is 15.3. The van der Waals surface area contributed by atoms with Crippen LogP contribution in [0.3, 0.4) is 0 Å². The molecule has 2 heterocycles. The number of amides is 1. The number of nitrogens with zero attached hydrogens (tertiary/aromatic N) is 3. The van der Waals surface area contributed by atoms with Crippen LogP contribution in [0.2, 0.25) is 0 Å². The van der Waals surface area contributed by atoms with Gasteiger partial charge in [0, 0.05) is 17.5 Å². The van der Waals surface area contributed by atoms with E-state index < -0.39 is 0 Å². The van der Waals surface area contributed by atoms with E-state index in [0.717, 1.165) is 46.9 Å². The first-order valence-corrected chi connectivity index (χ1v) is 9.82. The number of nitrogens with one attached hydrogen (secondary N) is 1. The Hall–Kier alpha value is -3.41. The molecule has 4 rings (SSSR count). The van der Waals surface area contributed by atoms with Crippen molar-refractivity contribution in [1.82, 2.24) is 14.8 Å². The summed E-state index contributed by atoms with van der Waals surface area (Å²) in [7, 11) is 1.58. The van der Waals surface area contributed by atoms with Crippen LogP contribution in [-0.4, -0.2) is 27.8 Å². The molecular weight excluding hydrogens is 364 g/mol. The van der Waals surface area contributed by atoms with Gasteiger partial charge in [0.25, 0.3) is 5.91 Å². The molecule has 0 radical (unpaired) electrons. The molecule has 0 aliphatic carbocycles. The molecular formula is C23H24N4O2. The minimum Gasteiger partial charge on any atom is -0.497 e. The van der Waals surface area contributed by atoms with Crippen molar-refractivity contribution >= 4 is 33.7 Å². The predicted molar refractivity (Wildman–Crippen MR) is 116 cm³/mol. The number of carbonyl (C=O) groups excluding carboxylic acids is 1. The van der Waals surface area contributed by atoms with Gasteiger partial charge in [0.1, 0.15) is 5.75 Å². The van der Waals surface area contributed by atoms with E-state index in [4.69, 9.17) is 9.72 Å². The molecule has 0 aliphatic rings. The van der Waals surface area contributed by atoms with E-state index in [9.17, 15) is 4.79 Å². The van der Waals surface area contributed by atoms with Gasteiger partial charge in [-0.25, -0.2) is 9.67 Å². The van der Waals surface area contributed by atoms with Crippen molar-refractivity contribution in [1.29, 1.82) is 0 Å². The van der Waals surface area contributed by atoms with E-state index in [-0.39, 0.29) is 5.91 Å². The zero-order valence-corrected chi connectivity index (χ0v) is 16.9. The van der Waals surface area contributed by atoms with Crippen molar-refractivity contribution in [2.24, 2.45) is 0 Å². The number of hydrogen-bond donors (Lipinski definition) is 1. The summed E-state index contributed by atoms with van der Waals surface area (Å²) in [6.45, 7) is 4.95. The summed E-state index contributed by atoms with van der Waals surface area (Å²) < 4.78 is 7.11. The van der Waals surface area contributed by atoms with Crippen molar-refractivity contribution in [3.05, 3.63) is 59.7 Å². The Morgan fingerprint density at radius 3 is 2.83 bits per heavy atom. The van der Waals surface area contributed by atoms with Gasteiger partial charge in [-0.3, -0.25) is 4.79 Å². The van der Waals surface area contributed by atoms with Crippen LogP contribution < -0.4 is 10.1 Å². The molecule has 148 valence electrons. The maximum Gasteiger partial charge on any atom is 0.257 e. The maximum absolute atomic E-state index is 12.8. The summed E-state index contributed by atoms with van der Waals surface area (Å²) in [6.07, 6.45) is 2.05. The summed E-state index contributed by atoms with van der Waals surface area (Å²) in [5, 5.41) is 9.49. The topological polar surface area (TPSA) is 69.0 Å². The van der Waals surface area contributed by atoms with Crippen molar-refractivity contribution < 1.29 is 9.53 Å². The first-order valence-electron chi connectivity index (χ1n) is 9.82. The van der Waals surface area contributed by atoms with Crippen LogP contribution in [0.1, 0.15) is 35.7 Å². The molecule has 0 saturated heterocycles. The molecule has 0 saturated carbocycles. The Balaban J connectivity index is 1.78. The number of carbonyl (C=O) groups is 1. The maximum atomic E-state index is 12.8. The van der Waals surface area contributed by atoms with E-state index in [2.05, 4.69) is 36.4 Å². The van der Waals surface area contributed by atoms with Crippen LogP contribution >= 0.6 is 0 Å². The number of unbranched alkanes of at least 4 members (excludes halogenated alkanes) is 1. The van der Waals surface area contributed by atoms with Gasteiger partial charge >= 0.3 is 0 Å². The Kier molecular flexibility index (Phi) is 5.16. The standard InChI is InChI=1S/C23H24N4O2/c1-4-5-11-27-22-19(14-16-10-9-15(2)12-20(16)24-22)21(26-27)25-23(28)17-7-6-8-18(13-17)29-3/h6-10,12-14H,4-5,11H2,1-3H3,(H,25,26,28). The third-order valence-electron chi connectivity index (χ3n) is 4.96. The second-order valence-electron chi connectivity index (χ2n) is 7.17. The number of hydrogen-bond acceptors (Lipinski definition) is 4. The molecule has 0 atom stereocenters. The molecule has 2 aromatic heterocycles. The van der Waals surface area contributed by atoms with Gasteiger partial charge in [0.15, 0.2) is 11.5 Å². The molecule has 6 nitrogen and oxygen atoms in total. The summed E-state index contributed by atoms with van der Waals surface area (Å²) in [5.41, 5.74) is 3.40. The predicted octanol–water partition coefficient (Wildman–Crippen LogP) is 4.95. The lowest BCUT2D eigenvalue weighted by atomic mass is 10.1. The van der Waals surface area contributed by atoms with Crippen molar-refractivity contribution in [2.45, 2.75) is 33.2 Å². The third kappa shape index (κ3) is 3.78. The molecule has 6 heteroatoms. The summed E-state index contributed by atoms with van der Waals surface area (Å²) in [4.78, 5) is 17.7. The van der Waals surface area contributed by atoms with Gasteiger partial charge in [-0.05, 0) is 49.2 Å². The third-order valence-corrected chi connectivity index (χ3v) is 4.96. The quantitative estimate of drug-likeness (QED) is 0.507. The second-order valence-corrected chi connectivity index (χ2v) is 7.17. The molecule has 0 aliphatic heterocycles. The lowest BCUT2D eigenvalue weighted by molar-refractivity contribution is 0.102. The average molecular weight is 388 g/mol. The smallest absolute Gasteiger partial charge is 0.257 e. The van der Waals surface area contributed by atoms with Gasteiger partial charge in [0.05, 0.1) is 18.0 Å². The fraction of sp³-hybridized carbons (Fsp3) is 0.261. The van der Waals surface area contributed by atoms with Gasteiger partial charge in [0.2, 0.25) is 0 Å². The minimum atomic E-state index is -0.227. The summed E-state index contributed by atoms with van der Waals surface area (Å²) in [5.74, 6) is 0.938. The van der Waals surface area contributed by atoms with Crippen LogP contribution in [-0.2, 0) is 6.54 Å². The van der Waals surface area contributed by atoms with E-state index >= 15 is 0 Å². The van der Waals surface area contributed by atoms with Crippen molar-refractivity contribution in [3.8, 4) is 5.75 Å². The van der Waals surface area contributed by atoms with Gasteiger partial charge in [-0.15, -0.1) is 0 Å². The van der Waals surface area contributed by atoms with Gasteiger partial charge < -0.3 is 10.1 Å². The number of pyridine rings is 1. The normalized spacial score (nSPS) is 11.1. The average Bonchev–Trinajstić information content (AvgIpc) is 3.06. The number of aryl methyl sites for hydroxylation is 2. The number of rotatable bonds is 6.